The van der Waals surface area contributed by atoms with E-state index < -0.39 is 0 Å². The normalized spacial score (nSPS) is 27.6. The minimum atomic E-state index is 0.324. The van der Waals surface area contributed by atoms with E-state index in [1.165, 1.54) is 45.2 Å². The SMILES string of the molecule is CCNCC1(CN2CCCCC2CCO)CCOCC1. The molecule has 0 aromatic carbocycles. The maximum absolute atomic E-state index is 9.29. The predicted molar refractivity (Wildman–Crippen MR) is 81.9 cm³/mol. The average molecular weight is 284 g/mol. The molecule has 2 aliphatic heterocycles. The van der Waals surface area contributed by atoms with Crippen LogP contribution >= 0.6 is 0 Å². The van der Waals surface area contributed by atoms with Crippen LogP contribution in [0.4, 0.5) is 0 Å². The molecule has 0 aliphatic carbocycles. The number of piperidine rings is 1. The van der Waals surface area contributed by atoms with Crippen LogP contribution in [0.2, 0.25) is 0 Å². The molecule has 20 heavy (non-hydrogen) atoms. The van der Waals surface area contributed by atoms with Crippen LogP contribution in [0.15, 0.2) is 0 Å². The van der Waals surface area contributed by atoms with Crippen molar-refractivity contribution in [3.8, 4) is 0 Å². The highest BCUT2D eigenvalue weighted by Crippen LogP contribution is 2.33. The molecule has 2 aliphatic rings. The molecule has 4 nitrogen and oxygen atoms in total. The van der Waals surface area contributed by atoms with Crippen LogP contribution in [0.3, 0.4) is 0 Å². The van der Waals surface area contributed by atoms with E-state index >= 15 is 0 Å². The van der Waals surface area contributed by atoms with Crippen molar-refractivity contribution < 1.29 is 9.84 Å². The van der Waals surface area contributed by atoms with Crippen LogP contribution in [0.1, 0.15) is 45.4 Å². The van der Waals surface area contributed by atoms with Gasteiger partial charge in [-0.15, -0.1) is 0 Å². The first kappa shape index (κ1) is 16.2. The highest BCUT2D eigenvalue weighted by molar-refractivity contribution is 4.90. The van der Waals surface area contributed by atoms with Crippen molar-refractivity contribution in [1.82, 2.24) is 10.2 Å². The summed E-state index contributed by atoms with van der Waals surface area (Å²) >= 11 is 0. The molecule has 2 rings (SSSR count). The van der Waals surface area contributed by atoms with Crippen LogP contribution in [-0.4, -0.2) is 62.0 Å². The molecule has 1 unspecified atom stereocenters. The quantitative estimate of drug-likeness (QED) is 0.746. The lowest BCUT2D eigenvalue weighted by atomic mass is 9.78. The number of aliphatic hydroxyl groups excluding tert-OH is 1. The van der Waals surface area contributed by atoms with Crippen molar-refractivity contribution in [3.05, 3.63) is 0 Å². The first-order valence-corrected chi connectivity index (χ1v) is 8.43. The van der Waals surface area contributed by atoms with Crippen molar-refractivity contribution in [2.75, 3.05) is 46.0 Å². The summed E-state index contributed by atoms with van der Waals surface area (Å²) in [6.45, 7) is 8.85. The monoisotopic (exact) mass is 284 g/mol. The summed E-state index contributed by atoms with van der Waals surface area (Å²) in [6, 6.07) is 0.593. The highest BCUT2D eigenvalue weighted by atomic mass is 16.5. The third kappa shape index (κ3) is 4.42. The van der Waals surface area contributed by atoms with Gasteiger partial charge in [-0.05, 0) is 50.6 Å². The molecule has 4 heteroatoms. The molecule has 1 atom stereocenters. The summed E-state index contributed by atoms with van der Waals surface area (Å²) in [5, 5.41) is 12.9. The van der Waals surface area contributed by atoms with E-state index in [1.807, 2.05) is 0 Å². The fraction of sp³-hybridized carbons (Fsp3) is 1.00. The Bertz CT molecular complexity index is 265. The van der Waals surface area contributed by atoms with Gasteiger partial charge < -0.3 is 15.2 Å². The maximum atomic E-state index is 9.29. The maximum Gasteiger partial charge on any atom is 0.0472 e. The third-order valence-corrected chi connectivity index (χ3v) is 5.05. The van der Waals surface area contributed by atoms with Gasteiger partial charge in [-0.1, -0.05) is 13.3 Å². The van der Waals surface area contributed by atoms with Gasteiger partial charge in [0, 0.05) is 39.0 Å². The zero-order valence-electron chi connectivity index (χ0n) is 13.1. The summed E-state index contributed by atoms with van der Waals surface area (Å²) < 4.78 is 5.58. The molecule has 0 aromatic heterocycles. The Balaban J connectivity index is 1.97. The Hall–Kier alpha value is -0.160. The Morgan fingerprint density at radius 1 is 1.30 bits per heavy atom. The van der Waals surface area contributed by atoms with Crippen LogP contribution in [0.5, 0.6) is 0 Å². The van der Waals surface area contributed by atoms with Crippen molar-refractivity contribution in [2.45, 2.75) is 51.5 Å². The van der Waals surface area contributed by atoms with E-state index in [-0.39, 0.29) is 0 Å². The van der Waals surface area contributed by atoms with Gasteiger partial charge in [-0.3, -0.25) is 4.90 Å². The van der Waals surface area contributed by atoms with Gasteiger partial charge in [0.15, 0.2) is 0 Å². The van der Waals surface area contributed by atoms with Crippen LogP contribution < -0.4 is 5.32 Å². The minimum Gasteiger partial charge on any atom is -0.396 e. The lowest BCUT2D eigenvalue weighted by Crippen LogP contribution is -2.51. The van der Waals surface area contributed by atoms with Crippen molar-refractivity contribution in [1.29, 1.82) is 0 Å². The molecule has 2 N–H and O–H groups in total. The standard InChI is InChI=1S/C16H32N2O2/c1-2-17-13-16(7-11-20-12-8-16)14-18-9-4-3-5-15(18)6-10-19/h15,17,19H,2-14H2,1H3. The molecule has 0 amide bonds. The summed E-state index contributed by atoms with van der Waals surface area (Å²) in [4.78, 5) is 2.66. The van der Waals surface area contributed by atoms with Crippen molar-refractivity contribution >= 4 is 0 Å². The third-order valence-electron chi connectivity index (χ3n) is 5.05. The number of nitrogens with zero attached hydrogens (tertiary/aromatic N) is 1. The van der Waals surface area contributed by atoms with Gasteiger partial charge in [0.2, 0.25) is 0 Å². The minimum absolute atomic E-state index is 0.324. The zero-order chi connectivity index (χ0) is 14.3. The fourth-order valence-corrected chi connectivity index (χ4v) is 3.76. The number of aliphatic hydroxyl groups is 1. The molecule has 0 radical (unpaired) electrons. The molecule has 0 spiro atoms. The van der Waals surface area contributed by atoms with Gasteiger partial charge in [0.25, 0.3) is 0 Å². The van der Waals surface area contributed by atoms with E-state index in [2.05, 4.69) is 17.1 Å². The number of rotatable bonds is 7. The molecule has 0 saturated carbocycles. The van der Waals surface area contributed by atoms with Gasteiger partial charge in [0.05, 0.1) is 0 Å². The average Bonchev–Trinajstić information content (AvgIpc) is 2.49. The van der Waals surface area contributed by atoms with Gasteiger partial charge in [-0.25, -0.2) is 0 Å². The van der Waals surface area contributed by atoms with E-state index in [0.717, 1.165) is 32.7 Å². The summed E-state index contributed by atoms with van der Waals surface area (Å²) in [7, 11) is 0. The lowest BCUT2D eigenvalue weighted by Gasteiger charge is -2.45. The second kappa shape index (κ2) is 8.32. The number of ether oxygens (including phenoxy) is 1. The smallest absolute Gasteiger partial charge is 0.0472 e. The Morgan fingerprint density at radius 3 is 2.80 bits per heavy atom. The van der Waals surface area contributed by atoms with Gasteiger partial charge >= 0.3 is 0 Å². The molecule has 0 aromatic rings. The number of likely N-dealkylation sites (tertiary alicyclic amines) is 1. The van der Waals surface area contributed by atoms with Crippen LogP contribution in [0, 0.1) is 5.41 Å². The lowest BCUT2D eigenvalue weighted by molar-refractivity contribution is -0.0196. The number of nitrogens with one attached hydrogen (secondary N) is 1. The highest BCUT2D eigenvalue weighted by Gasteiger charge is 2.36. The van der Waals surface area contributed by atoms with E-state index in [4.69, 9.17) is 4.74 Å². The van der Waals surface area contributed by atoms with Crippen molar-refractivity contribution in [2.24, 2.45) is 5.41 Å². The molecular weight excluding hydrogens is 252 g/mol. The number of hydrogen-bond donors (Lipinski definition) is 2. The summed E-state index contributed by atoms with van der Waals surface area (Å²) in [5.74, 6) is 0. The molecular formula is C16H32N2O2. The second-order valence-corrected chi connectivity index (χ2v) is 6.53. The Labute approximate surface area is 123 Å². The molecule has 0 bridgehead atoms. The van der Waals surface area contributed by atoms with Crippen LogP contribution in [0.25, 0.3) is 0 Å². The zero-order valence-corrected chi connectivity index (χ0v) is 13.1. The molecule has 2 heterocycles. The van der Waals surface area contributed by atoms with E-state index in [1.54, 1.807) is 0 Å². The first-order valence-electron chi connectivity index (χ1n) is 8.43. The fourth-order valence-electron chi connectivity index (χ4n) is 3.76. The molecule has 2 fully saturated rings. The van der Waals surface area contributed by atoms with E-state index in [9.17, 15) is 5.11 Å². The Morgan fingerprint density at radius 2 is 2.10 bits per heavy atom. The first-order chi connectivity index (χ1) is 9.79. The second-order valence-electron chi connectivity index (χ2n) is 6.53. The summed E-state index contributed by atoms with van der Waals surface area (Å²) in [5.41, 5.74) is 0.374. The number of hydrogen-bond acceptors (Lipinski definition) is 4. The molecule has 118 valence electrons. The topological polar surface area (TPSA) is 44.7 Å². The Kier molecular flexibility index (Phi) is 6.75. The van der Waals surface area contributed by atoms with Gasteiger partial charge in [0.1, 0.15) is 0 Å². The van der Waals surface area contributed by atoms with Crippen LogP contribution in [-0.2, 0) is 4.74 Å². The summed E-state index contributed by atoms with van der Waals surface area (Å²) in [6.07, 6.45) is 7.17. The largest absolute Gasteiger partial charge is 0.396 e. The van der Waals surface area contributed by atoms with E-state index in [0.29, 0.717) is 18.1 Å². The predicted octanol–water partition coefficient (Wildman–Crippen LogP) is 1.63. The van der Waals surface area contributed by atoms with Gasteiger partial charge in [-0.2, -0.15) is 0 Å². The molecule has 2 saturated heterocycles. The van der Waals surface area contributed by atoms with Crippen molar-refractivity contribution in [3.63, 3.8) is 0 Å².